The van der Waals surface area contributed by atoms with Gasteiger partial charge in [0.25, 0.3) is 0 Å². The predicted octanol–water partition coefficient (Wildman–Crippen LogP) is 4.69. The van der Waals surface area contributed by atoms with E-state index in [0.717, 1.165) is 21.9 Å². The van der Waals surface area contributed by atoms with Gasteiger partial charge in [-0.15, -0.1) is 0 Å². The number of anilines is 2. The molecule has 1 atom stereocenters. The van der Waals surface area contributed by atoms with Crippen LogP contribution >= 0.6 is 11.3 Å². The Morgan fingerprint density at radius 3 is 2.29 bits per heavy atom. The molecule has 2 aromatic carbocycles. The molecule has 3 aromatic rings. The molecule has 1 aromatic heterocycles. The number of fused-ring (bicyclic) bond motifs is 1. The number of ether oxygens (including phenoxy) is 2. The van der Waals surface area contributed by atoms with Gasteiger partial charge in [-0.2, -0.15) is 0 Å². The third-order valence-electron chi connectivity index (χ3n) is 5.36. The highest BCUT2D eigenvalue weighted by molar-refractivity contribution is 7.10. The summed E-state index contributed by atoms with van der Waals surface area (Å²) in [4.78, 5) is 28.3. The van der Waals surface area contributed by atoms with E-state index in [9.17, 15) is 9.59 Å². The van der Waals surface area contributed by atoms with Crippen LogP contribution in [0.25, 0.3) is 0 Å². The first-order valence-electron chi connectivity index (χ1n) is 10.3. The number of carbonyl (C=O) groups is 1. The lowest BCUT2D eigenvalue weighted by Crippen LogP contribution is -2.34. The minimum Gasteiger partial charge on any atom is -0.497 e. The first kappa shape index (κ1) is 21.2. The number of benzene rings is 2. The number of hydrogen-bond acceptors (Lipinski definition) is 5. The maximum Gasteiger partial charge on any atom is 0.308 e. The van der Waals surface area contributed by atoms with Crippen LogP contribution in [0.2, 0.25) is 0 Å². The van der Waals surface area contributed by atoms with Gasteiger partial charge in [0.1, 0.15) is 17.3 Å². The van der Waals surface area contributed by atoms with E-state index in [0.29, 0.717) is 30.5 Å². The van der Waals surface area contributed by atoms with Crippen molar-refractivity contribution in [3.63, 3.8) is 0 Å². The molecular weight excluding hydrogens is 412 g/mol. The number of amides is 1. The summed E-state index contributed by atoms with van der Waals surface area (Å²) in [5, 5.41) is 0. The molecule has 6 nitrogen and oxygen atoms in total. The maximum atomic E-state index is 13.3. The van der Waals surface area contributed by atoms with Gasteiger partial charge in [0.15, 0.2) is 0 Å². The number of aromatic nitrogens is 1. The zero-order valence-electron chi connectivity index (χ0n) is 18.1. The number of nitrogens with zero attached hydrogens (tertiary/aromatic N) is 2. The van der Waals surface area contributed by atoms with Crippen LogP contribution in [-0.2, 0) is 11.8 Å². The monoisotopic (exact) mass is 438 g/mol. The topological polar surface area (TPSA) is 60.8 Å². The smallest absolute Gasteiger partial charge is 0.308 e. The van der Waals surface area contributed by atoms with Crippen molar-refractivity contribution < 1.29 is 14.3 Å². The highest BCUT2D eigenvalue weighted by atomic mass is 32.1. The third kappa shape index (κ3) is 4.10. The van der Waals surface area contributed by atoms with E-state index in [4.69, 9.17) is 9.47 Å². The summed E-state index contributed by atoms with van der Waals surface area (Å²) in [6.45, 7) is 4.87. The van der Waals surface area contributed by atoms with Crippen LogP contribution in [0, 0.1) is 5.92 Å². The molecule has 2 heterocycles. The van der Waals surface area contributed by atoms with Crippen molar-refractivity contribution in [3.8, 4) is 11.5 Å². The lowest BCUT2D eigenvalue weighted by Gasteiger charge is -2.32. The molecule has 0 unspecified atom stereocenters. The molecule has 4 rings (SSSR count). The fourth-order valence-corrected chi connectivity index (χ4v) is 4.84. The summed E-state index contributed by atoms with van der Waals surface area (Å²) < 4.78 is 12.6. The minimum atomic E-state index is -0.157. The summed E-state index contributed by atoms with van der Waals surface area (Å²) in [5.41, 5.74) is 1.72. The Morgan fingerprint density at radius 1 is 1.03 bits per heavy atom. The molecule has 0 radical (unpaired) electrons. The standard InChI is InChI=1S/C24H26N2O4S/c1-15(2)14-30-19-9-5-16(6-10-19)20-13-21(27)26(17-7-11-18(29-4)12-8-17)23-22(20)31-24(28)25(23)3/h5-12,15,20H,13-14H2,1-4H3/t20-/m1/s1. The van der Waals surface area contributed by atoms with E-state index in [-0.39, 0.29) is 16.7 Å². The zero-order valence-corrected chi connectivity index (χ0v) is 18.9. The average molecular weight is 439 g/mol. The second-order valence-electron chi connectivity index (χ2n) is 8.07. The Labute approximate surface area is 185 Å². The zero-order chi connectivity index (χ0) is 22.1. The number of rotatable bonds is 6. The van der Waals surface area contributed by atoms with Crippen molar-refractivity contribution in [1.29, 1.82) is 0 Å². The third-order valence-corrected chi connectivity index (χ3v) is 6.50. The van der Waals surface area contributed by atoms with Crippen LogP contribution in [-0.4, -0.2) is 24.2 Å². The summed E-state index contributed by atoms with van der Waals surface area (Å²) in [7, 11) is 3.32. The van der Waals surface area contributed by atoms with Crippen molar-refractivity contribution in [3.05, 3.63) is 68.6 Å². The van der Waals surface area contributed by atoms with Crippen LogP contribution in [0.15, 0.2) is 53.3 Å². The van der Waals surface area contributed by atoms with E-state index >= 15 is 0 Å². The Balaban J connectivity index is 1.71. The molecule has 162 valence electrons. The number of carbonyl (C=O) groups excluding carboxylic acids is 1. The summed E-state index contributed by atoms with van der Waals surface area (Å²) in [5.74, 6) is 2.41. The molecule has 1 amide bonds. The van der Waals surface area contributed by atoms with Gasteiger partial charge in [-0.25, -0.2) is 0 Å². The van der Waals surface area contributed by atoms with E-state index in [1.165, 1.54) is 11.3 Å². The normalized spacial score (nSPS) is 15.8. The van der Waals surface area contributed by atoms with E-state index in [1.807, 2.05) is 48.5 Å². The molecule has 1 aliphatic heterocycles. The maximum absolute atomic E-state index is 13.3. The summed E-state index contributed by atoms with van der Waals surface area (Å²) >= 11 is 1.20. The first-order chi connectivity index (χ1) is 14.9. The van der Waals surface area contributed by atoms with Gasteiger partial charge < -0.3 is 9.47 Å². The van der Waals surface area contributed by atoms with Crippen molar-refractivity contribution in [1.82, 2.24) is 4.57 Å². The van der Waals surface area contributed by atoms with Crippen molar-refractivity contribution in [2.45, 2.75) is 26.2 Å². The molecular formula is C24H26N2O4S. The van der Waals surface area contributed by atoms with Crippen LogP contribution in [0.5, 0.6) is 11.5 Å². The Hall–Kier alpha value is -3.06. The molecule has 7 heteroatoms. The molecule has 0 saturated carbocycles. The van der Waals surface area contributed by atoms with Gasteiger partial charge in [0.05, 0.1) is 24.3 Å². The van der Waals surface area contributed by atoms with Gasteiger partial charge in [0.2, 0.25) is 5.91 Å². The predicted molar refractivity (Wildman–Crippen MR) is 123 cm³/mol. The molecule has 0 aliphatic carbocycles. The molecule has 0 bridgehead atoms. The summed E-state index contributed by atoms with van der Waals surface area (Å²) in [6.07, 6.45) is 0.297. The van der Waals surface area contributed by atoms with Crippen LogP contribution in [0.1, 0.15) is 36.6 Å². The number of hydrogen-bond donors (Lipinski definition) is 0. The Bertz CT molecular complexity index is 1130. The van der Waals surface area contributed by atoms with Crippen molar-refractivity contribution >= 4 is 28.7 Å². The lowest BCUT2D eigenvalue weighted by atomic mass is 9.90. The van der Waals surface area contributed by atoms with E-state index in [1.54, 1.807) is 23.6 Å². The fourth-order valence-electron chi connectivity index (χ4n) is 3.75. The minimum absolute atomic E-state index is 0.0452. The SMILES string of the molecule is COc1ccc(N2C(=O)C[C@H](c3ccc(OCC(C)C)cc3)c3sc(=O)n(C)c32)cc1. The van der Waals surface area contributed by atoms with Gasteiger partial charge in [-0.05, 0) is 47.9 Å². The molecule has 0 saturated heterocycles. The van der Waals surface area contributed by atoms with Gasteiger partial charge in [-0.3, -0.25) is 19.1 Å². The fraction of sp³-hybridized carbons (Fsp3) is 0.333. The quantitative estimate of drug-likeness (QED) is 0.560. The second-order valence-corrected chi connectivity index (χ2v) is 9.07. The molecule has 0 spiro atoms. The van der Waals surface area contributed by atoms with Crippen LogP contribution in [0.3, 0.4) is 0 Å². The van der Waals surface area contributed by atoms with Gasteiger partial charge in [0, 0.05) is 19.4 Å². The highest BCUT2D eigenvalue weighted by Gasteiger charge is 2.37. The molecule has 1 aliphatic rings. The van der Waals surface area contributed by atoms with Crippen molar-refractivity contribution in [2.75, 3.05) is 18.6 Å². The largest absolute Gasteiger partial charge is 0.497 e. The first-order valence-corrected chi connectivity index (χ1v) is 11.1. The van der Waals surface area contributed by atoms with Crippen LogP contribution < -0.4 is 19.2 Å². The molecule has 0 N–H and O–H groups in total. The van der Waals surface area contributed by atoms with Gasteiger partial charge in [-0.1, -0.05) is 37.3 Å². The number of methoxy groups -OCH3 is 1. The van der Waals surface area contributed by atoms with Gasteiger partial charge >= 0.3 is 4.87 Å². The van der Waals surface area contributed by atoms with E-state index in [2.05, 4.69) is 13.8 Å². The number of thiazole rings is 1. The lowest BCUT2D eigenvalue weighted by molar-refractivity contribution is -0.118. The van der Waals surface area contributed by atoms with E-state index < -0.39 is 0 Å². The molecule has 31 heavy (non-hydrogen) atoms. The Morgan fingerprint density at radius 2 is 1.68 bits per heavy atom. The average Bonchev–Trinajstić information content (AvgIpc) is 3.07. The summed E-state index contributed by atoms with van der Waals surface area (Å²) in [6, 6.07) is 15.2. The molecule has 0 fully saturated rings. The highest BCUT2D eigenvalue weighted by Crippen LogP contribution is 2.44. The van der Waals surface area contributed by atoms with Crippen LogP contribution in [0.4, 0.5) is 11.5 Å². The van der Waals surface area contributed by atoms with Crippen molar-refractivity contribution in [2.24, 2.45) is 13.0 Å². The second kappa shape index (κ2) is 8.59. The Kier molecular flexibility index (Phi) is 5.87.